The lowest BCUT2D eigenvalue weighted by Gasteiger charge is -2.36. The topological polar surface area (TPSA) is 55.3 Å². The smallest absolute Gasteiger partial charge is 0.223 e. The second kappa shape index (κ2) is 7.68. The van der Waals surface area contributed by atoms with Crippen molar-refractivity contribution in [2.75, 3.05) is 19.8 Å². The summed E-state index contributed by atoms with van der Waals surface area (Å²) in [6.45, 7) is 2.05. The number of aromatic nitrogens is 2. The van der Waals surface area contributed by atoms with Crippen LogP contribution in [0.15, 0.2) is 18.6 Å². The summed E-state index contributed by atoms with van der Waals surface area (Å²) in [5, 5.41) is 0. The molecular weight excluding hydrogens is 278 g/mol. The Morgan fingerprint density at radius 1 is 1.32 bits per heavy atom. The van der Waals surface area contributed by atoms with Gasteiger partial charge < -0.3 is 9.64 Å². The molecular formula is C17H25N3O2. The molecule has 22 heavy (non-hydrogen) atoms. The van der Waals surface area contributed by atoms with E-state index in [1.165, 1.54) is 25.7 Å². The fourth-order valence-corrected chi connectivity index (χ4v) is 3.57. The Bertz CT molecular complexity index is 474. The fourth-order valence-electron chi connectivity index (χ4n) is 3.57. The Kier molecular flexibility index (Phi) is 5.38. The van der Waals surface area contributed by atoms with E-state index in [0.717, 1.165) is 31.5 Å². The molecule has 120 valence electrons. The van der Waals surface area contributed by atoms with Crippen LogP contribution in [-0.2, 0) is 16.0 Å². The maximum Gasteiger partial charge on any atom is 0.223 e. The van der Waals surface area contributed by atoms with Crippen molar-refractivity contribution in [2.24, 2.45) is 5.92 Å². The SMILES string of the molecule is O=C(CC1CCCC1)N1CCOC[C@@H]1CCc1cnccn1. The van der Waals surface area contributed by atoms with E-state index in [0.29, 0.717) is 25.0 Å². The molecule has 0 bridgehead atoms. The van der Waals surface area contributed by atoms with Crippen molar-refractivity contribution in [1.29, 1.82) is 0 Å². The Hall–Kier alpha value is -1.49. The molecule has 5 nitrogen and oxygen atoms in total. The largest absolute Gasteiger partial charge is 0.377 e. The highest BCUT2D eigenvalue weighted by Crippen LogP contribution is 2.28. The first-order valence-electron chi connectivity index (χ1n) is 8.45. The van der Waals surface area contributed by atoms with Gasteiger partial charge in [0.2, 0.25) is 5.91 Å². The summed E-state index contributed by atoms with van der Waals surface area (Å²) in [6.07, 6.45) is 12.7. The van der Waals surface area contributed by atoms with Gasteiger partial charge in [-0.3, -0.25) is 14.8 Å². The lowest BCUT2D eigenvalue weighted by atomic mass is 10.0. The van der Waals surface area contributed by atoms with Crippen LogP contribution < -0.4 is 0 Å². The second-order valence-corrected chi connectivity index (χ2v) is 6.41. The summed E-state index contributed by atoms with van der Waals surface area (Å²) in [4.78, 5) is 23.1. The normalized spacial score (nSPS) is 22.9. The Labute approximate surface area is 132 Å². The average molecular weight is 303 g/mol. The van der Waals surface area contributed by atoms with Crippen molar-refractivity contribution < 1.29 is 9.53 Å². The van der Waals surface area contributed by atoms with Gasteiger partial charge in [0.15, 0.2) is 0 Å². The molecule has 2 fully saturated rings. The van der Waals surface area contributed by atoms with Crippen molar-refractivity contribution in [2.45, 2.75) is 51.0 Å². The van der Waals surface area contributed by atoms with Crippen molar-refractivity contribution in [3.63, 3.8) is 0 Å². The van der Waals surface area contributed by atoms with Gasteiger partial charge in [0.05, 0.1) is 24.9 Å². The Morgan fingerprint density at radius 3 is 2.95 bits per heavy atom. The molecule has 1 aliphatic carbocycles. The van der Waals surface area contributed by atoms with Crippen LogP contribution in [0, 0.1) is 5.92 Å². The monoisotopic (exact) mass is 303 g/mol. The van der Waals surface area contributed by atoms with Gasteiger partial charge >= 0.3 is 0 Å². The van der Waals surface area contributed by atoms with Crippen LogP contribution in [0.2, 0.25) is 0 Å². The zero-order valence-corrected chi connectivity index (χ0v) is 13.1. The Morgan fingerprint density at radius 2 is 2.18 bits per heavy atom. The molecule has 1 aromatic rings. The molecule has 2 aliphatic rings. The summed E-state index contributed by atoms with van der Waals surface area (Å²) in [6, 6.07) is 0.185. The predicted molar refractivity (Wildman–Crippen MR) is 83.2 cm³/mol. The minimum Gasteiger partial charge on any atom is -0.377 e. The minimum absolute atomic E-state index is 0.185. The molecule has 1 aliphatic heterocycles. The quantitative estimate of drug-likeness (QED) is 0.837. The van der Waals surface area contributed by atoms with Gasteiger partial charge in [-0.15, -0.1) is 0 Å². The molecule has 3 rings (SSSR count). The third-order valence-electron chi connectivity index (χ3n) is 4.84. The summed E-state index contributed by atoms with van der Waals surface area (Å²) < 4.78 is 5.59. The standard InChI is InChI=1S/C17H25N3O2/c21-17(11-14-3-1-2-4-14)20-9-10-22-13-16(20)6-5-15-12-18-7-8-19-15/h7-8,12,14,16H,1-6,9-11,13H2/t16-/m0/s1. The molecule has 0 spiro atoms. The number of hydrogen-bond acceptors (Lipinski definition) is 4. The summed E-state index contributed by atoms with van der Waals surface area (Å²) in [5.41, 5.74) is 0.983. The van der Waals surface area contributed by atoms with Crippen LogP contribution in [0.3, 0.4) is 0 Å². The third kappa shape index (κ3) is 4.03. The molecule has 2 heterocycles. The van der Waals surface area contributed by atoms with Gasteiger partial charge in [0.25, 0.3) is 0 Å². The molecule has 0 radical (unpaired) electrons. The van der Waals surface area contributed by atoms with E-state index in [1.807, 2.05) is 0 Å². The van der Waals surface area contributed by atoms with E-state index in [2.05, 4.69) is 14.9 Å². The van der Waals surface area contributed by atoms with E-state index in [-0.39, 0.29) is 6.04 Å². The molecule has 0 unspecified atom stereocenters. The van der Waals surface area contributed by atoms with Crippen LogP contribution >= 0.6 is 0 Å². The molecule has 1 amide bonds. The van der Waals surface area contributed by atoms with Crippen LogP contribution in [0.1, 0.15) is 44.2 Å². The minimum atomic E-state index is 0.185. The van der Waals surface area contributed by atoms with Crippen molar-refractivity contribution in [1.82, 2.24) is 14.9 Å². The summed E-state index contributed by atoms with van der Waals surface area (Å²) in [5.74, 6) is 0.926. The number of carbonyl (C=O) groups excluding carboxylic acids is 1. The van der Waals surface area contributed by atoms with Crippen molar-refractivity contribution >= 4 is 5.91 Å². The zero-order chi connectivity index (χ0) is 15.2. The highest BCUT2D eigenvalue weighted by molar-refractivity contribution is 5.77. The van der Waals surface area contributed by atoms with Gasteiger partial charge in [-0.25, -0.2) is 0 Å². The number of rotatable bonds is 5. The van der Waals surface area contributed by atoms with Gasteiger partial charge in [0, 0.05) is 31.6 Å². The van der Waals surface area contributed by atoms with Gasteiger partial charge in [-0.2, -0.15) is 0 Å². The first-order chi connectivity index (χ1) is 10.8. The first kappa shape index (κ1) is 15.4. The average Bonchev–Trinajstić information content (AvgIpc) is 3.07. The van der Waals surface area contributed by atoms with E-state index in [4.69, 9.17) is 4.74 Å². The number of ether oxygens (including phenoxy) is 1. The molecule has 0 N–H and O–H groups in total. The summed E-state index contributed by atoms with van der Waals surface area (Å²) in [7, 11) is 0. The summed E-state index contributed by atoms with van der Waals surface area (Å²) >= 11 is 0. The van der Waals surface area contributed by atoms with Gasteiger partial charge in [-0.05, 0) is 31.6 Å². The number of amides is 1. The maximum absolute atomic E-state index is 12.6. The molecule has 0 aromatic carbocycles. The zero-order valence-electron chi connectivity index (χ0n) is 13.1. The van der Waals surface area contributed by atoms with Crippen LogP contribution in [0.4, 0.5) is 0 Å². The number of carbonyl (C=O) groups is 1. The lowest BCUT2D eigenvalue weighted by Crippen LogP contribution is -2.49. The number of aryl methyl sites for hydroxylation is 1. The second-order valence-electron chi connectivity index (χ2n) is 6.41. The Balaban J connectivity index is 1.54. The van der Waals surface area contributed by atoms with Gasteiger partial charge in [-0.1, -0.05) is 12.8 Å². The molecule has 5 heteroatoms. The lowest BCUT2D eigenvalue weighted by molar-refractivity contribution is -0.141. The first-order valence-corrected chi connectivity index (χ1v) is 8.45. The number of morpholine rings is 1. The van der Waals surface area contributed by atoms with Gasteiger partial charge in [0.1, 0.15) is 0 Å². The van der Waals surface area contributed by atoms with E-state index >= 15 is 0 Å². The number of hydrogen-bond donors (Lipinski definition) is 0. The third-order valence-corrected chi connectivity index (χ3v) is 4.84. The highest BCUT2D eigenvalue weighted by Gasteiger charge is 2.29. The predicted octanol–water partition coefficient (Wildman–Crippen LogP) is 2.22. The maximum atomic E-state index is 12.6. The number of nitrogens with zero attached hydrogens (tertiary/aromatic N) is 3. The van der Waals surface area contributed by atoms with Crippen molar-refractivity contribution in [3.05, 3.63) is 24.3 Å². The fraction of sp³-hybridized carbons (Fsp3) is 0.706. The molecule has 1 saturated heterocycles. The van der Waals surface area contributed by atoms with E-state index in [1.54, 1.807) is 18.6 Å². The molecule has 1 atom stereocenters. The highest BCUT2D eigenvalue weighted by atomic mass is 16.5. The van der Waals surface area contributed by atoms with E-state index < -0.39 is 0 Å². The van der Waals surface area contributed by atoms with E-state index in [9.17, 15) is 4.79 Å². The van der Waals surface area contributed by atoms with Crippen LogP contribution in [0.25, 0.3) is 0 Å². The molecule has 1 saturated carbocycles. The molecule has 1 aromatic heterocycles. The van der Waals surface area contributed by atoms with Crippen LogP contribution in [-0.4, -0.2) is 46.6 Å². The van der Waals surface area contributed by atoms with Crippen molar-refractivity contribution in [3.8, 4) is 0 Å². The van der Waals surface area contributed by atoms with Crippen LogP contribution in [0.5, 0.6) is 0 Å².